The van der Waals surface area contributed by atoms with E-state index in [1.165, 1.54) is 35.3 Å². The topological polar surface area (TPSA) is 9.23 Å². The lowest BCUT2D eigenvalue weighted by atomic mass is 9.97. The average Bonchev–Trinajstić information content (AvgIpc) is 2.67. The van der Waals surface area contributed by atoms with Crippen LogP contribution in [0.3, 0.4) is 0 Å². The molecule has 1 nitrogen and oxygen atoms in total. The molecule has 26 heavy (non-hydrogen) atoms. The number of rotatable bonds is 7. The van der Waals surface area contributed by atoms with E-state index in [4.69, 9.17) is 4.74 Å². The van der Waals surface area contributed by atoms with Crippen LogP contribution in [0.4, 0.5) is 0 Å². The van der Waals surface area contributed by atoms with Gasteiger partial charge in [0, 0.05) is 24.3 Å². The maximum absolute atomic E-state index is 6.18. The minimum absolute atomic E-state index is 0.769. The van der Waals surface area contributed by atoms with Crippen LogP contribution in [0, 0.1) is 3.57 Å². The number of ether oxygens (including phenoxy) is 1. The molecule has 0 N–H and O–H groups in total. The van der Waals surface area contributed by atoms with Crippen LogP contribution in [0.2, 0.25) is 0 Å². The molecule has 3 aromatic rings. The van der Waals surface area contributed by atoms with Gasteiger partial charge >= 0.3 is 0 Å². The Morgan fingerprint density at radius 2 is 1.58 bits per heavy atom. The third-order valence-corrected chi connectivity index (χ3v) is 6.91. The maximum atomic E-state index is 6.18. The molecule has 0 radical (unpaired) electrons. The smallest absolute Gasteiger partial charge is 0.128 e. The van der Waals surface area contributed by atoms with Crippen molar-refractivity contribution in [1.82, 2.24) is 0 Å². The Morgan fingerprint density at radius 1 is 0.923 bits per heavy atom. The number of halogens is 1. The normalized spacial score (nSPS) is 11.1. The van der Waals surface area contributed by atoms with Gasteiger partial charge < -0.3 is 4.74 Å². The van der Waals surface area contributed by atoms with Crippen molar-refractivity contribution < 1.29 is 4.74 Å². The van der Waals surface area contributed by atoms with Gasteiger partial charge in [0.05, 0.1) is 6.61 Å². The zero-order chi connectivity index (χ0) is 18.5. The first-order valence-electron chi connectivity index (χ1n) is 8.76. The lowest BCUT2D eigenvalue weighted by Crippen LogP contribution is -1.99. The van der Waals surface area contributed by atoms with Gasteiger partial charge in [0.2, 0.25) is 0 Å². The molecule has 4 heteroatoms. The standard InChI is InChI=1S/C22H23IOS2/c1-4-5-11-24-19-14-18(23)22(15-9-7-6-8-10-15)17-13-21(26-3)20(25-2)12-16(17)19/h6-10,12-14H,4-5,11H2,1-3H3. The summed E-state index contributed by atoms with van der Waals surface area (Å²) in [5.41, 5.74) is 2.55. The molecule has 0 aliphatic carbocycles. The molecule has 3 aromatic carbocycles. The van der Waals surface area contributed by atoms with E-state index in [-0.39, 0.29) is 0 Å². The molecule has 0 saturated heterocycles. The van der Waals surface area contributed by atoms with Crippen molar-refractivity contribution in [1.29, 1.82) is 0 Å². The molecule has 0 atom stereocenters. The summed E-state index contributed by atoms with van der Waals surface area (Å²) in [7, 11) is 0. The van der Waals surface area contributed by atoms with Crippen LogP contribution in [0.1, 0.15) is 19.8 Å². The second kappa shape index (κ2) is 9.38. The second-order valence-corrected chi connectivity index (χ2v) is 8.91. The third-order valence-electron chi connectivity index (χ3n) is 4.37. The number of benzene rings is 3. The zero-order valence-electron chi connectivity index (χ0n) is 15.3. The highest BCUT2D eigenvalue weighted by molar-refractivity contribution is 14.1. The van der Waals surface area contributed by atoms with Crippen molar-refractivity contribution in [3.05, 3.63) is 52.1 Å². The molecule has 0 aliphatic rings. The maximum Gasteiger partial charge on any atom is 0.128 e. The van der Waals surface area contributed by atoms with E-state index in [9.17, 15) is 0 Å². The molecule has 0 amide bonds. The Balaban J connectivity index is 2.27. The van der Waals surface area contributed by atoms with Crippen LogP contribution in [0.15, 0.2) is 58.3 Å². The molecule has 0 saturated carbocycles. The van der Waals surface area contributed by atoms with Gasteiger partial charge in [-0.05, 0) is 70.7 Å². The van der Waals surface area contributed by atoms with Gasteiger partial charge in [-0.3, -0.25) is 0 Å². The predicted molar refractivity (Wildman–Crippen MR) is 126 cm³/mol. The average molecular weight is 494 g/mol. The number of thioether (sulfide) groups is 2. The summed E-state index contributed by atoms with van der Waals surface area (Å²) < 4.78 is 7.42. The first-order chi connectivity index (χ1) is 12.7. The molecular weight excluding hydrogens is 471 g/mol. The lowest BCUT2D eigenvalue weighted by Gasteiger charge is -2.17. The van der Waals surface area contributed by atoms with E-state index in [1.807, 2.05) is 11.8 Å². The summed E-state index contributed by atoms with van der Waals surface area (Å²) in [6, 6.07) is 17.5. The van der Waals surface area contributed by atoms with Crippen LogP contribution in [0.25, 0.3) is 21.9 Å². The monoisotopic (exact) mass is 494 g/mol. The summed E-state index contributed by atoms with van der Waals surface area (Å²) in [6.07, 6.45) is 6.51. The van der Waals surface area contributed by atoms with E-state index in [1.54, 1.807) is 11.8 Å². The highest BCUT2D eigenvalue weighted by Crippen LogP contribution is 2.43. The first-order valence-corrected chi connectivity index (χ1v) is 12.3. The molecule has 136 valence electrons. The highest BCUT2D eigenvalue weighted by Gasteiger charge is 2.16. The fourth-order valence-electron chi connectivity index (χ4n) is 3.03. The Bertz CT molecular complexity index is 894. The van der Waals surface area contributed by atoms with Crippen molar-refractivity contribution in [2.24, 2.45) is 0 Å². The number of hydrogen-bond donors (Lipinski definition) is 0. The van der Waals surface area contributed by atoms with E-state index in [0.29, 0.717) is 0 Å². The molecular formula is C22H23IOS2. The number of hydrogen-bond acceptors (Lipinski definition) is 3. The van der Waals surface area contributed by atoms with Crippen LogP contribution >= 0.6 is 46.1 Å². The van der Waals surface area contributed by atoms with Gasteiger partial charge in [-0.15, -0.1) is 23.5 Å². The van der Waals surface area contributed by atoms with E-state index < -0.39 is 0 Å². The van der Waals surface area contributed by atoms with Crippen molar-refractivity contribution in [3.8, 4) is 16.9 Å². The molecule has 0 fully saturated rings. The largest absolute Gasteiger partial charge is 0.493 e. The van der Waals surface area contributed by atoms with Crippen LogP contribution in [-0.4, -0.2) is 19.1 Å². The van der Waals surface area contributed by atoms with Crippen LogP contribution in [-0.2, 0) is 0 Å². The molecule has 0 heterocycles. The van der Waals surface area contributed by atoms with Crippen molar-refractivity contribution in [2.75, 3.05) is 19.1 Å². The van der Waals surface area contributed by atoms with Crippen molar-refractivity contribution >= 4 is 56.9 Å². The zero-order valence-corrected chi connectivity index (χ0v) is 19.1. The predicted octanol–water partition coefficient (Wildman–Crippen LogP) is 7.73. The molecule has 0 aromatic heterocycles. The Kier molecular flexibility index (Phi) is 7.18. The van der Waals surface area contributed by atoms with Crippen LogP contribution in [0.5, 0.6) is 5.75 Å². The fourth-order valence-corrected chi connectivity index (χ4v) is 5.40. The summed E-state index contributed by atoms with van der Waals surface area (Å²) in [4.78, 5) is 2.63. The molecule has 0 unspecified atom stereocenters. The van der Waals surface area contributed by atoms with Crippen molar-refractivity contribution in [3.63, 3.8) is 0 Å². The lowest BCUT2D eigenvalue weighted by molar-refractivity contribution is 0.313. The van der Waals surface area contributed by atoms with Gasteiger partial charge in [-0.2, -0.15) is 0 Å². The van der Waals surface area contributed by atoms with Gasteiger partial charge in [-0.1, -0.05) is 43.7 Å². The van der Waals surface area contributed by atoms with Gasteiger partial charge in [0.15, 0.2) is 0 Å². The number of unbranched alkanes of at least 4 members (excludes halogenated alkanes) is 1. The quantitative estimate of drug-likeness (QED) is 0.189. The fraction of sp³-hybridized carbons (Fsp3) is 0.273. The van der Waals surface area contributed by atoms with E-state index >= 15 is 0 Å². The van der Waals surface area contributed by atoms with Crippen molar-refractivity contribution in [2.45, 2.75) is 29.6 Å². The minimum Gasteiger partial charge on any atom is -0.493 e. The molecule has 0 bridgehead atoms. The third kappa shape index (κ3) is 4.18. The van der Waals surface area contributed by atoms with Crippen LogP contribution < -0.4 is 4.74 Å². The summed E-state index contributed by atoms with van der Waals surface area (Å²) in [5, 5.41) is 2.49. The first kappa shape index (κ1) is 19.9. The summed E-state index contributed by atoms with van der Waals surface area (Å²) in [6.45, 7) is 2.96. The van der Waals surface area contributed by atoms with Gasteiger partial charge in [-0.25, -0.2) is 0 Å². The minimum atomic E-state index is 0.769. The van der Waals surface area contributed by atoms with E-state index in [2.05, 4.69) is 90.6 Å². The SMILES string of the molecule is CCCCOc1cc(I)c(-c2ccccc2)c2cc(SC)c(SC)cc12. The Morgan fingerprint density at radius 3 is 2.19 bits per heavy atom. The summed E-state index contributed by atoms with van der Waals surface area (Å²) in [5.74, 6) is 1.00. The molecule has 0 aliphatic heterocycles. The van der Waals surface area contributed by atoms with Gasteiger partial charge in [0.1, 0.15) is 5.75 Å². The Labute approximate surface area is 178 Å². The highest BCUT2D eigenvalue weighted by atomic mass is 127. The molecule has 0 spiro atoms. The van der Waals surface area contributed by atoms with E-state index in [0.717, 1.165) is 25.2 Å². The molecule has 3 rings (SSSR count). The van der Waals surface area contributed by atoms with Gasteiger partial charge in [0.25, 0.3) is 0 Å². The Hall–Kier alpha value is -0.850. The summed E-state index contributed by atoms with van der Waals surface area (Å²) >= 11 is 6.06. The second-order valence-electron chi connectivity index (χ2n) is 6.05. The number of fused-ring (bicyclic) bond motifs is 1.